The molecule has 1 fully saturated rings. The monoisotopic (exact) mass is 1100 g/mol. The number of benzene rings is 2. The van der Waals surface area contributed by atoms with Crippen LogP contribution in [0.4, 0.5) is 11.4 Å². The highest BCUT2D eigenvalue weighted by Crippen LogP contribution is 2.52. The number of imide groups is 1. The van der Waals surface area contributed by atoms with Crippen molar-refractivity contribution in [1.82, 2.24) is 15.7 Å². The van der Waals surface area contributed by atoms with Crippen molar-refractivity contribution >= 4 is 82.8 Å². The Morgan fingerprint density at radius 1 is 0.787 bits per heavy atom. The van der Waals surface area contributed by atoms with Crippen LogP contribution in [0.3, 0.4) is 0 Å². The fourth-order valence-electron chi connectivity index (χ4n) is 10.3. The molecule has 4 aliphatic rings. The highest BCUT2D eigenvalue weighted by Gasteiger charge is 2.46. The molecule has 4 aliphatic heterocycles. The topological polar surface area (TPSA) is 308 Å². The molecule has 0 aliphatic carbocycles. The summed E-state index contributed by atoms with van der Waals surface area (Å²) < 4.78 is 105. The van der Waals surface area contributed by atoms with Crippen molar-refractivity contribution < 1.29 is 77.1 Å². The minimum Gasteiger partial charge on any atom is -0.356 e. The van der Waals surface area contributed by atoms with Crippen LogP contribution >= 0.6 is 0 Å². The highest BCUT2D eigenvalue weighted by molar-refractivity contribution is 7.86. The third-order valence-electron chi connectivity index (χ3n) is 14.3. The van der Waals surface area contributed by atoms with E-state index in [0.29, 0.717) is 104 Å². The van der Waals surface area contributed by atoms with Gasteiger partial charge in [-0.15, -0.1) is 5.06 Å². The van der Waals surface area contributed by atoms with Crippen molar-refractivity contribution in [2.75, 3.05) is 36.8 Å². The van der Waals surface area contributed by atoms with Gasteiger partial charge in [-0.25, -0.2) is 4.79 Å². The van der Waals surface area contributed by atoms with E-state index >= 15 is 0 Å². The van der Waals surface area contributed by atoms with Crippen molar-refractivity contribution in [3.63, 3.8) is 0 Å². The number of allylic oxidation sites excluding steroid dienone is 4. The van der Waals surface area contributed by atoms with E-state index in [4.69, 9.17) is 4.84 Å². The predicted molar refractivity (Wildman–Crippen MR) is 275 cm³/mol. The van der Waals surface area contributed by atoms with Gasteiger partial charge in [-0.05, 0) is 108 Å². The maximum absolute atomic E-state index is 13.6. The minimum absolute atomic E-state index is 0.00594. The molecule has 21 nitrogen and oxygen atoms in total. The summed E-state index contributed by atoms with van der Waals surface area (Å²) in [6.07, 6.45) is 10.4. The smallest absolute Gasteiger partial charge is 0.333 e. The lowest BCUT2D eigenvalue weighted by Crippen LogP contribution is -2.40. The molecule has 2 aromatic carbocycles. The highest BCUT2D eigenvalue weighted by atomic mass is 32.2. The zero-order valence-corrected chi connectivity index (χ0v) is 45.0. The van der Waals surface area contributed by atoms with Gasteiger partial charge in [0.05, 0.1) is 26.9 Å². The lowest BCUT2D eigenvalue weighted by Gasteiger charge is -2.30. The average Bonchev–Trinajstić information content (AvgIpc) is 3.84. The molecule has 75 heavy (non-hydrogen) atoms. The van der Waals surface area contributed by atoms with E-state index in [1.165, 1.54) is 24.3 Å². The molecule has 0 spiro atoms. The van der Waals surface area contributed by atoms with Crippen molar-refractivity contribution in [2.24, 2.45) is 5.92 Å². The Labute approximate surface area is 438 Å². The summed E-state index contributed by atoms with van der Waals surface area (Å²) in [6, 6.07) is 8.60. The fourth-order valence-corrected chi connectivity index (χ4v) is 11.8. The molecule has 4 heterocycles. The molecule has 2 unspecified atom stereocenters. The van der Waals surface area contributed by atoms with Crippen LogP contribution < -0.4 is 15.5 Å². The molecule has 0 saturated carbocycles. The Hall–Kier alpha value is -5.66. The summed E-state index contributed by atoms with van der Waals surface area (Å²) >= 11 is 0. The molecule has 2 aromatic rings. The molecule has 1 saturated heterocycles. The molecule has 0 bridgehead atoms. The number of ketones is 1. The average molecular weight is 1100 g/mol. The summed E-state index contributed by atoms with van der Waals surface area (Å²) in [5.41, 5.74) is 2.10. The maximum Gasteiger partial charge on any atom is 0.333 e. The fraction of sp³-hybridized carbons (Fsp3) is 0.549. The van der Waals surface area contributed by atoms with Gasteiger partial charge in [0.25, 0.3) is 42.2 Å². The number of amides is 4. The second-order valence-corrected chi connectivity index (χ2v) is 24.7. The number of anilines is 1. The summed E-state index contributed by atoms with van der Waals surface area (Å²) in [4.78, 5) is 82.1. The first-order valence-electron chi connectivity index (χ1n) is 25.3. The predicted octanol–water partition coefficient (Wildman–Crippen LogP) is 5.55. The summed E-state index contributed by atoms with van der Waals surface area (Å²) in [7, 11) is -13.6. The molecule has 24 heteroatoms. The number of carbonyl (C=O) groups excluding carboxylic acids is 6. The van der Waals surface area contributed by atoms with Gasteiger partial charge in [-0.3, -0.25) is 37.6 Å². The molecule has 2 atom stereocenters. The SMILES string of the molecule is CC1(C)C2=[N+](CCCCCC(=O)NCC(C(=O)NCCCCCC(=O)ON3C(=O)CCC3=O)CC(=O)CCCCCC3(C)/C(=C/C=C/2)N(CCCS(=O)(=O)O)c2ccc(S(=O)(=O)O)cc23)c2ccc(S(=O)(=O)O)cc21. The van der Waals surface area contributed by atoms with Crippen LogP contribution in [0.25, 0.3) is 0 Å². The van der Waals surface area contributed by atoms with Crippen LogP contribution in [-0.2, 0) is 74.8 Å². The van der Waals surface area contributed by atoms with E-state index in [2.05, 4.69) is 15.2 Å². The number of nitrogens with one attached hydrogen (secondary N) is 2. The quantitative estimate of drug-likeness (QED) is 0.0670. The first kappa shape index (κ1) is 58.6. The number of Topliss-reactive ketones (excluding diaryl/α,β-unsaturated/α-hetero) is 1. The minimum atomic E-state index is -4.67. The first-order chi connectivity index (χ1) is 35.2. The van der Waals surface area contributed by atoms with Crippen LogP contribution in [0.15, 0.2) is 70.1 Å². The number of carbonyl (C=O) groups is 6. The number of nitrogens with zero attached hydrogens (tertiary/aromatic N) is 3. The van der Waals surface area contributed by atoms with Gasteiger partial charge in [0.2, 0.25) is 17.5 Å². The van der Waals surface area contributed by atoms with E-state index in [1.807, 2.05) is 43.9 Å². The van der Waals surface area contributed by atoms with Crippen molar-refractivity contribution in [3.05, 3.63) is 71.5 Å². The Morgan fingerprint density at radius 3 is 2.12 bits per heavy atom. The number of hydrogen-bond donors (Lipinski definition) is 5. The van der Waals surface area contributed by atoms with Crippen LogP contribution in [0.2, 0.25) is 0 Å². The number of hydrogen-bond acceptors (Lipinski definition) is 14. The van der Waals surface area contributed by atoms with Gasteiger partial charge < -0.3 is 20.4 Å². The number of fused-ring (bicyclic) bond motifs is 5. The van der Waals surface area contributed by atoms with E-state index < -0.39 is 76.5 Å². The molecule has 4 amide bonds. The Morgan fingerprint density at radius 2 is 1.44 bits per heavy atom. The molecule has 0 radical (unpaired) electrons. The zero-order chi connectivity index (χ0) is 54.9. The number of hydroxylamine groups is 2. The van der Waals surface area contributed by atoms with Crippen molar-refractivity contribution in [1.29, 1.82) is 0 Å². The summed E-state index contributed by atoms with van der Waals surface area (Å²) in [5, 5.41) is 6.16. The summed E-state index contributed by atoms with van der Waals surface area (Å²) in [6.45, 7) is 6.41. The van der Waals surface area contributed by atoms with Gasteiger partial charge in [-0.2, -0.15) is 29.8 Å². The lowest BCUT2D eigenvalue weighted by atomic mass is 9.77. The molecular weight excluding hydrogens is 1030 g/mol. The first-order valence-corrected chi connectivity index (χ1v) is 29.8. The Bertz CT molecular complexity index is 2990. The van der Waals surface area contributed by atoms with Crippen LogP contribution in [0, 0.1) is 5.92 Å². The lowest BCUT2D eigenvalue weighted by molar-refractivity contribution is -0.438. The second kappa shape index (κ2) is 24.6. The normalized spacial score (nSPS) is 22.6. The van der Waals surface area contributed by atoms with Gasteiger partial charge in [0, 0.05) is 99.1 Å². The van der Waals surface area contributed by atoms with Gasteiger partial charge in [0.15, 0.2) is 5.71 Å². The van der Waals surface area contributed by atoms with Crippen LogP contribution in [-0.4, -0.2) is 122 Å². The Balaban J connectivity index is 1.25. The second-order valence-electron chi connectivity index (χ2n) is 20.3. The third-order valence-corrected chi connectivity index (χ3v) is 16.8. The van der Waals surface area contributed by atoms with E-state index in [9.17, 15) is 67.7 Å². The van der Waals surface area contributed by atoms with Crippen LogP contribution in [0.1, 0.15) is 141 Å². The number of unbranched alkanes of at least 4 members (excludes halogenated alkanes) is 2. The van der Waals surface area contributed by atoms with Crippen molar-refractivity contribution in [3.8, 4) is 0 Å². The van der Waals surface area contributed by atoms with Gasteiger partial charge in [0.1, 0.15) is 12.3 Å². The number of rotatable bonds is 14. The van der Waals surface area contributed by atoms with Gasteiger partial charge in [-0.1, -0.05) is 25.3 Å². The molecule has 5 N–H and O–H groups in total. The van der Waals surface area contributed by atoms with Gasteiger partial charge >= 0.3 is 5.97 Å². The van der Waals surface area contributed by atoms with E-state index in [-0.39, 0.29) is 86.1 Å². The molecular formula is C51H68N5O16S3+. The zero-order valence-electron chi connectivity index (χ0n) is 42.5. The molecule has 6 rings (SSSR count). The van der Waals surface area contributed by atoms with E-state index in [1.54, 1.807) is 12.1 Å². The Kier molecular flexibility index (Phi) is 19.2. The summed E-state index contributed by atoms with van der Waals surface area (Å²) in [5.74, 6) is -4.24. The maximum atomic E-state index is 13.6. The molecule has 410 valence electrons. The van der Waals surface area contributed by atoms with E-state index in [0.717, 1.165) is 5.71 Å². The molecule has 0 aromatic heterocycles. The third kappa shape index (κ3) is 15.1. The standard InChI is InChI=1S/C51H67N5O16S3/c1-50(2)39-32-37(74(66,67)68)20-22-41(39)54-28-12-6-8-18-45(58)53-34-35(49(62)52-27-11-5-9-19-48(61)72-56-46(59)24-25-47(56)60)31-36(57)15-7-4-10-26-51(3)40-33-38(75(69,70)71)21-23-42(40)55(29-14-30-73(63,64)65)44(51)17-13-16-43(50)54/h13,16-17,20-23,32-33,35H,4-12,14-15,18-19,24-31,34H2,1-3H3,(H4-,52,53,58,62,63,64,65,66,67,68,69,70,71)/p+1. The van der Waals surface area contributed by atoms with Crippen molar-refractivity contribution in [2.45, 2.75) is 151 Å². The van der Waals surface area contributed by atoms with Crippen LogP contribution in [0.5, 0.6) is 0 Å². The largest absolute Gasteiger partial charge is 0.356 e.